The van der Waals surface area contributed by atoms with Crippen LogP contribution in [0, 0.1) is 0 Å². The molecule has 1 aromatic heterocycles. The zero-order chi connectivity index (χ0) is 13.7. The molecule has 1 N–H and O–H groups in total. The van der Waals surface area contributed by atoms with E-state index in [4.69, 9.17) is 5.11 Å². The van der Waals surface area contributed by atoms with E-state index in [1.54, 1.807) is 0 Å². The maximum absolute atomic E-state index is 11.8. The molecular formula is C10H11F2NO4S. The molecule has 8 heteroatoms. The summed E-state index contributed by atoms with van der Waals surface area (Å²) >= 11 is 0.946. The number of hydrogen-bond donors (Lipinski definition) is 1. The number of carboxylic acid groups (broad SMARTS) is 1. The third kappa shape index (κ3) is 4.11. The van der Waals surface area contributed by atoms with Crippen LogP contribution in [0.5, 0.6) is 0 Å². The minimum atomic E-state index is -2.54. The number of halogens is 2. The van der Waals surface area contributed by atoms with Crippen LogP contribution < -0.4 is 0 Å². The normalized spacial score (nSPS) is 10.9. The Morgan fingerprint density at radius 3 is 2.61 bits per heavy atom. The van der Waals surface area contributed by atoms with Gasteiger partial charge < -0.3 is 9.84 Å². The molecule has 0 unspecified atom stereocenters. The maximum Gasteiger partial charge on any atom is 0.356 e. The molecular weight excluding hydrogens is 268 g/mol. The van der Waals surface area contributed by atoms with Crippen molar-refractivity contribution in [2.24, 2.45) is 0 Å². The van der Waals surface area contributed by atoms with E-state index in [1.165, 1.54) is 6.92 Å². The van der Waals surface area contributed by atoms with Gasteiger partial charge in [0.25, 0.3) is 6.43 Å². The summed E-state index contributed by atoms with van der Waals surface area (Å²) in [5, 5.41) is 9.22. The summed E-state index contributed by atoms with van der Waals surface area (Å²) in [6, 6.07) is 0. The van der Waals surface area contributed by atoms with Crippen LogP contribution in [0.3, 0.4) is 0 Å². The molecule has 0 aromatic carbocycles. The number of rotatable bonds is 7. The van der Waals surface area contributed by atoms with Gasteiger partial charge in [0, 0.05) is 13.3 Å². The van der Waals surface area contributed by atoms with Gasteiger partial charge in [0.1, 0.15) is 11.5 Å². The van der Waals surface area contributed by atoms with E-state index in [-0.39, 0.29) is 29.4 Å². The van der Waals surface area contributed by atoms with Gasteiger partial charge in [-0.2, -0.15) is 0 Å². The van der Waals surface area contributed by atoms with Crippen molar-refractivity contribution in [1.82, 2.24) is 4.98 Å². The predicted octanol–water partition coefficient (Wildman–Crippen LogP) is 1.87. The molecule has 0 aliphatic carbocycles. The van der Waals surface area contributed by atoms with Crippen LogP contribution >= 0.6 is 11.3 Å². The first-order valence-electron chi connectivity index (χ1n) is 5.01. The van der Waals surface area contributed by atoms with Gasteiger partial charge in [0.05, 0.1) is 11.6 Å². The fourth-order valence-electron chi connectivity index (χ4n) is 1.19. The standard InChI is InChI=1S/C10H11F2NO4S/c1-5(14)9-8(10(15)16)13-7(18-9)2-3-17-4-6(11)12/h6H,2-4H2,1H3,(H,15,16). The summed E-state index contributed by atoms with van der Waals surface area (Å²) in [7, 11) is 0. The summed E-state index contributed by atoms with van der Waals surface area (Å²) < 4.78 is 28.2. The van der Waals surface area contributed by atoms with Crippen molar-refractivity contribution in [3.05, 3.63) is 15.6 Å². The Morgan fingerprint density at radius 2 is 2.17 bits per heavy atom. The van der Waals surface area contributed by atoms with Gasteiger partial charge in [-0.3, -0.25) is 4.79 Å². The van der Waals surface area contributed by atoms with Crippen molar-refractivity contribution in [2.45, 2.75) is 19.8 Å². The second-order valence-corrected chi connectivity index (χ2v) is 4.45. The number of aromatic carboxylic acids is 1. The van der Waals surface area contributed by atoms with Crippen LogP contribution in [0.1, 0.15) is 32.1 Å². The zero-order valence-electron chi connectivity index (χ0n) is 9.48. The van der Waals surface area contributed by atoms with E-state index in [0.29, 0.717) is 5.01 Å². The average molecular weight is 279 g/mol. The van der Waals surface area contributed by atoms with E-state index in [1.807, 2.05) is 0 Å². The number of aromatic nitrogens is 1. The highest BCUT2D eigenvalue weighted by atomic mass is 32.1. The molecule has 0 aliphatic heterocycles. The number of carbonyl (C=O) groups is 2. The topological polar surface area (TPSA) is 76.5 Å². The van der Waals surface area contributed by atoms with E-state index in [0.717, 1.165) is 11.3 Å². The Kier molecular flexibility index (Phi) is 5.29. The molecule has 0 bridgehead atoms. The lowest BCUT2D eigenvalue weighted by molar-refractivity contribution is 0.0187. The van der Waals surface area contributed by atoms with Crippen LogP contribution in [0.25, 0.3) is 0 Å². The number of thiazole rings is 1. The van der Waals surface area contributed by atoms with E-state index in [2.05, 4.69) is 9.72 Å². The van der Waals surface area contributed by atoms with Crippen molar-refractivity contribution in [3.63, 3.8) is 0 Å². The average Bonchev–Trinajstić information content (AvgIpc) is 2.68. The van der Waals surface area contributed by atoms with E-state index in [9.17, 15) is 18.4 Å². The van der Waals surface area contributed by atoms with Crippen molar-refractivity contribution in [2.75, 3.05) is 13.2 Å². The number of hydrogen-bond acceptors (Lipinski definition) is 5. The van der Waals surface area contributed by atoms with Crippen LogP contribution in [0.4, 0.5) is 8.78 Å². The molecule has 100 valence electrons. The Morgan fingerprint density at radius 1 is 1.50 bits per heavy atom. The summed E-state index contributed by atoms with van der Waals surface area (Å²) in [5.74, 6) is -1.67. The highest BCUT2D eigenvalue weighted by Crippen LogP contribution is 2.20. The lowest BCUT2D eigenvalue weighted by Gasteiger charge is -2.00. The largest absolute Gasteiger partial charge is 0.476 e. The molecule has 0 atom stereocenters. The van der Waals surface area contributed by atoms with Crippen molar-refractivity contribution in [1.29, 1.82) is 0 Å². The molecule has 0 spiro atoms. The Labute approximate surface area is 105 Å². The highest BCUT2D eigenvalue weighted by Gasteiger charge is 2.20. The Bertz CT molecular complexity index is 416. The molecule has 0 amide bonds. The monoisotopic (exact) mass is 279 g/mol. The first-order valence-corrected chi connectivity index (χ1v) is 5.83. The lowest BCUT2D eigenvalue weighted by atomic mass is 10.3. The molecule has 0 fully saturated rings. The van der Waals surface area contributed by atoms with Crippen molar-refractivity contribution >= 4 is 23.1 Å². The number of nitrogens with zero attached hydrogens (tertiary/aromatic N) is 1. The number of ketones is 1. The van der Waals surface area contributed by atoms with Gasteiger partial charge in [-0.05, 0) is 0 Å². The molecule has 5 nitrogen and oxygen atoms in total. The second-order valence-electron chi connectivity index (χ2n) is 3.36. The smallest absolute Gasteiger partial charge is 0.356 e. The number of ether oxygens (including phenoxy) is 1. The number of carbonyl (C=O) groups excluding carboxylic acids is 1. The van der Waals surface area contributed by atoms with Crippen LogP contribution in [0.15, 0.2) is 0 Å². The van der Waals surface area contributed by atoms with Crippen LogP contribution in [-0.2, 0) is 11.2 Å². The molecule has 0 saturated heterocycles. The zero-order valence-corrected chi connectivity index (χ0v) is 10.3. The SMILES string of the molecule is CC(=O)c1sc(CCOCC(F)F)nc1C(=O)O. The highest BCUT2D eigenvalue weighted by molar-refractivity contribution is 7.14. The first kappa shape index (κ1) is 14.7. The molecule has 0 aliphatic rings. The fourth-order valence-corrected chi connectivity index (χ4v) is 2.12. The number of Topliss-reactive ketones (excluding diaryl/α,β-unsaturated/α-hetero) is 1. The fraction of sp³-hybridized carbons (Fsp3) is 0.500. The summed E-state index contributed by atoms with van der Waals surface area (Å²) in [5.41, 5.74) is -0.295. The summed E-state index contributed by atoms with van der Waals surface area (Å²) in [6.07, 6.45) is -2.34. The molecule has 1 rings (SSSR count). The second kappa shape index (κ2) is 6.50. The maximum atomic E-state index is 11.8. The molecule has 1 aromatic rings. The summed E-state index contributed by atoms with van der Waals surface area (Å²) in [6.45, 7) is 0.585. The van der Waals surface area contributed by atoms with Gasteiger partial charge in [0.2, 0.25) is 0 Å². The Hall–Kier alpha value is -1.41. The van der Waals surface area contributed by atoms with Crippen LogP contribution in [0.2, 0.25) is 0 Å². The number of carboxylic acids is 1. The third-order valence-corrected chi connectivity index (χ3v) is 3.11. The molecule has 0 radical (unpaired) electrons. The van der Waals surface area contributed by atoms with Gasteiger partial charge >= 0.3 is 5.97 Å². The summed E-state index contributed by atoms with van der Waals surface area (Å²) in [4.78, 5) is 25.8. The Balaban J connectivity index is 2.65. The van der Waals surface area contributed by atoms with Crippen molar-refractivity contribution in [3.8, 4) is 0 Å². The van der Waals surface area contributed by atoms with Gasteiger partial charge in [-0.1, -0.05) is 0 Å². The minimum absolute atomic E-state index is 0.00819. The first-order chi connectivity index (χ1) is 8.41. The predicted molar refractivity (Wildman–Crippen MR) is 59.6 cm³/mol. The number of alkyl halides is 2. The van der Waals surface area contributed by atoms with E-state index < -0.39 is 19.0 Å². The quantitative estimate of drug-likeness (QED) is 0.609. The van der Waals surface area contributed by atoms with Crippen LogP contribution in [-0.4, -0.2) is 41.5 Å². The van der Waals surface area contributed by atoms with Gasteiger partial charge in [0.15, 0.2) is 11.5 Å². The van der Waals surface area contributed by atoms with Gasteiger partial charge in [-0.25, -0.2) is 18.6 Å². The molecule has 1 heterocycles. The lowest BCUT2D eigenvalue weighted by Crippen LogP contribution is -2.07. The third-order valence-electron chi connectivity index (χ3n) is 1.90. The van der Waals surface area contributed by atoms with Crippen molar-refractivity contribution < 1.29 is 28.2 Å². The molecule has 18 heavy (non-hydrogen) atoms. The van der Waals surface area contributed by atoms with E-state index >= 15 is 0 Å². The van der Waals surface area contributed by atoms with Gasteiger partial charge in [-0.15, -0.1) is 11.3 Å². The minimum Gasteiger partial charge on any atom is -0.476 e. The molecule has 0 saturated carbocycles.